The van der Waals surface area contributed by atoms with Gasteiger partial charge >= 0.3 is 0 Å². The third-order valence-electron chi connectivity index (χ3n) is 6.80. The minimum Gasteiger partial charge on any atom is -0.455 e. The molecule has 2 aromatic heterocycles. The van der Waals surface area contributed by atoms with Gasteiger partial charge in [0.05, 0.1) is 11.1 Å². The van der Waals surface area contributed by atoms with Crippen molar-refractivity contribution in [2.75, 3.05) is 6.54 Å². The lowest BCUT2D eigenvalue weighted by Crippen LogP contribution is -2.30. The SMILES string of the molecule is O=c1c2ccc3c(c2oc2cc(C4CCC4)n(-c4cccc(F)c4F)c(=O)c12)CCNC3. The zero-order valence-electron chi connectivity index (χ0n) is 17.2. The van der Waals surface area contributed by atoms with Crippen molar-refractivity contribution < 1.29 is 13.2 Å². The summed E-state index contributed by atoms with van der Waals surface area (Å²) >= 11 is 0. The van der Waals surface area contributed by atoms with E-state index >= 15 is 0 Å². The smallest absolute Gasteiger partial charge is 0.270 e. The molecule has 1 aliphatic heterocycles. The number of aromatic nitrogens is 1. The highest BCUT2D eigenvalue weighted by atomic mass is 19.2. The molecule has 4 aromatic rings. The summed E-state index contributed by atoms with van der Waals surface area (Å²) in [4.78, 5) is 27.1. The molecule has 1 saturated carbocycles. The Bertz CT molecular complexity index is 1530. The number of hydrogen-bond donors (Lipinski definition) is 1. The minimum absolute atomic E-state index is 0.0182. The van der Waals surface area contributed by atoms with E-state index in [9.17, 15) is 18.4 Å². The highest BCUT2D eigenvalue weighted by Gasteiger charge is 2.28. The van der Waals surface area contributed by atoms with Crippen LogP contribution in [0.4, 0.5) is 8.78 Å². The molecule has 6 rings (SSSR count). The topological polar surface area (TPSA) is 64.2 Å². The Morgan fingerprint density at radius 2 is 1.94 bits per heavy atom. The summed E-state index contributed by atoms with van der Waals surface area (Å²) in [6.07, 6.45) is 3.38. The fourth-order valence-corrected chi connectivity index (χ4v) is 4.90. The van der Waals surface area contributed by atoms with Crippen LogP contribution in [0.15, 0.2) is 50.4 Å². The first kappa shape index (κ1) is 19.4. The number of hydrogen-bond acceptors (Lipinski definition) is 4. The van der Waals surface area contributed by atoms with Gasteiger partial charge in [-0.3, -0.25) is 14.2 Å². The quantitative estimate of drug-likeness (QED) is 0.478. The van der Waals surface area contributed by atoms with Crippen LogP contribution in [0.25, 0.3) is 27.6 Å². The van der Waals surface area contributed by atoms with Crippen LogP contribution in [-0.4, -0.2) is 11.1 Å². The first-order chi connectivity index (χ1) is 15.5. The van der Waals surface area contributed by atoms with Gasteiger partial charge in [0.15, 0.2) is 11.6 Å². The van der Waals surface area contributed by atoms with Crippen LogP contribution >= 0.6 is 0 Å². The first-order valence-corrected chi connectivity index (χ1v) is 10.9. The summed E-state index contributed by atoms with van der Waals surface area (Å²) < 4.78 is 36.1. The molecule has 7 heteroatoms. The zero-order chi connectivity index (χ0) is 22.0. The van der Waals surface area contributed by atoms with Crippen LogP contribution in [0.5, 0.6) is 0 Å². The predicted octanol–water partition coefficient (Wildman–Crippen LogP) is 4.29. The van der Waals surface area contributed by atoms with Crippen LogP contribution in [-0.2, 0) is 13.0 Å². The van der Waals surface area contributed by atoms with Gasteiger partial charge in [-0.05, 0) is 55.5 Å². The molecule has 0 atom stereocenters. The molecule has 0 unspecified atom stereocenters. The molecular formula is C25H20F2N2O3. The Kier molecular flexibility index (Phi) is 4.30. The van der Waals surface area contributed by atoms with E-state index in [-0.39, 0.29) is 22.6 Å². The molecule has 2 aliphatic rings. The number of nitrogens with zero attached hydrogens (tertiary/aromatic N) is 1. The van der Waals surface area contributed by atoms with Gasteiger partial charge < -0.3 is 9.73 Å². The van der Waals surface area contributed by atoms with Gasteiger partial charge in [0.2, 0.25) is 5.43 Å². The van der Waals surface area contributed by atoms with Crippen molar-refractivity contribution in [2.24, 2.45) is 0 Å². The first-order valence-electron chi connectivity index (χ1n) is 10.9. The maximum atomic E-state index is 14.7. The van der Waals surface area contributed by atoms with E-state index in [4.69, 9.17) is 4.42 Å². The molecule has 1 N–H and O–H groups in total. The van der Waals surface area contributed by atoms with Crippen molar-refractivity contribution >= 4 is 21.9 Å². The second-order valence-electron chi connectivity index (χ2n) is 8.59. The van der Waals surface area contributed by atoms with Gasteiger partial charge in [0.25, 0.3) is 5.56 Å². The Hall–Kier alpha value is -3.32. The minimum atomic E-state index is -1.11. The largest absolute Gasteiger partial charge is 0.455 e. The summed E-state index contributed by atoms with van der Waals surface area (Å²) in [6.45, 7) is 1.47. The molecule has 0 spiro atoms. The number of nitrogens with one attached hydrogen (secondary N) is 1. The maximum absolute atomic E-state index is 14.7. The summed E-state index contributed by atoms with van der Waals surface area (Å²) in [7, 11) is 0. The maximum Gasteiger partial charge on any atom is 0.270 e. The van der Waals surface area contributed by atoms with Crippen LogP contribution in [0.2, 0.25) is 0 Å². The number of pyridine rings is 1. The standard InChI is InChI=1S/C25H20F2N2O3/c26-17-5-2-6-18(22(17)27)29-19(13-3-1-4-13)11-20-21(25(29)31)23(30)16-8-7-14-12-28-10-9-15(14)24(16)32-20/h2,5-8,11,13,28H,1,3-4,9-10,12H2. The molecule has 162 valence electrons. The van der Waals surface area contributed by atoms with E-state index in [2.05, 4.69) is 5.32 Å². The van der Waals surface area contributed by atoms with Gasteiger partial charge in [0.1, 0.15) is 16.6 Å². The highest BCUT2D eigenvalue weighted by molar-refractivity contribution is 5.91. The van der Waals surface area contributed by atoms with E-state index in [0.717, 1.165) is 54.0 Å². The van der Waals surface area contributed by atoms with Crippen molar-refractivity contribution in [2.45, 2.75) is 38.1 Å². The zero-order valence-corrected chi connectivity index (χ0v) is 17.2. The van der Waals surface area contributed by atoms with E-state index in [1.54, 1.807) is 12.1 Å². The normalized spacial score (nSPS) is 16.3. The van der Waals surface area contributed by atoms with Crippen molar-refractivity contribution in [3.8, 4) is 5.69 Å². The fourth-order valence-electron chi connectivity index (χ4n) is 4.90. The van der Waals surface area contributed by atoms with Gasteiger partial charge in [0, 0.05) is 23.9 Å². The molecule has 5 nitrogen and oxygen atoms in total. The lowest BCUT2D eigenvalue weighted by atomic mass is 9.82. The Morgan fingerprint density at radius 3 is 2.72 bits per heavy atom. The Morgan fingerprint density at radius 1 is 1.09 bits per heavy atom. The van der Waals surface area contributed by atoms with Crippen LogP contribution in [0.1, 0.15) is 42.0 Å². The molecule has 0 radical (unpaired) electrons. The third-order valence-corrected chi connectivity index (χ3v) is 6.80. The third kappa shape index (κ3) is 2.70. The van der Waals surface area contributed by atoms with Gasteiger partial charge in [-0.1, -0.05) is 18.6 Å². The van der Waals surface area contributed by atoms with Gasteiger partial charge in [-0.25, -0.2) is 8.78 Å². The second-order valence-corrected chi connectivity index (χ2v) is 8.59. The Labute approximate surface area is 181 Å². The average molecular weight is 434 g/mol. The lowest BCUT2D eigenvalue weighted by molar-refractivity contribution is 0.402. The van der Waals surface area contributed by atoms with E-state index in [0.29, 0.717) is 23.2 Å². The lowest BCUT2D eigenvalue weighted by Gasteiger charge is -2.29. The summed E-state index contributed by atoms with van der Waals surface area (Å²) in [5.74, 6) is -2.13. The van der Waals surface area contributed by atoms with Gasteiger partial charge in [-0.15, -0.1) is 0 Å². The monoisotopic (exact) mass is 434 g/mol. The highest BCUT2D eigenvalue weighted by Crippen LogP contribution is 2.38. The van der Waals surface area contributed by atoms with Crippen molar-refractivity contribution in [1.29, 1.82) is 0 Å². The number of halogens is 2. The van der Waals surface area contributed by atoms with Crippen LogP contribution in [0, 0.1) is 11.6 Å². The molecule has 0 saturated heterocycles. The molecular weight excluding hydrogens is 414 g/mol. The molecule has 1 aliphatic carbocycles. The molecule has 2 aromatic carbocycles. The number of benzene rings is 2. The number of fused-ring (bicyclic) bond motifs is 4. The van der Waals surface area contributed by atoms with Crippen molar-refractivity contribution in [3.63, 3.8) is 0 Å². The molecule has 0 amide bonds. The second kappa shape index (κ2) is 7.10. The summed E-state index contributed by atoms with van der Waals surface area (Å²) in [5.41, 5.74) is 2.00. The van der Waals surface area contributed by atoms with E-state index in [1.807, 2.05) is 6.07 Å². The van der Waals surface area contributed by atoms with Crippen molar-refractivity contribution in [3.05, 3.63) is 85.4 Å². The molecule has 0 bridgehead atoms. The molecule has 1 fully saturated rings. The summed E-state index contributed by atoms with van der Waals surface area (Å²) in [6, 6.07) is 8.96. The Balaban J connectivity index is 1.74. The van der Waals surface area contributed by atoms with E-state index in [1.165, 1.54) is 12.1 Å². The summed E-state index contributed by atoms with van der Waals surface area (Å²) in [5, 5.41) is 3.49. The predicted molar refractivity (Wildman–Crippen MR) is 118 cm³/mol. The fraction of sp³-hybridized carbons (Fsp3) is 0.280. The number of rotatable bonds is 2. The van der Waals surface area contributed by atoms with Crippen LogP contribution < -0.4 is 16.3 Å². The molecule has 3 heterocycles. The molecule has 32 heavy (non-hydrogen) atoms. The van der Waals surface area contributed by atoms with E-state index < -0.39 is 22.6 Å². The van der Waals surface area contributed by atoms with Gasteiger partial charge in [-0.2, -0.15) is 0 Å². The van der Waals surface area contributed by atoms with Crippen LogP contribution in [0.3, 0.4) is 0 Å². The average Bonchev–Trinajstić information content (AvgIpc) is 2.75. The van der Waals surface area contributed by atoms with Crippen molar-refractivity contribution in [1.82, 2.24) is 9.88 Å².